The highest BCUT2D eigenvalue weighted by Gasteiger charge is 2.31. The summed E-state index contributed by atoms with van der Waals surface area (Å²) in [7, 11) is -4.76. The van der Waals surface area contributed by atoms with Gasteiger partial charge < -0.3 is 34.5 Å². The van der Waals surface area contributed by atoms with Gasteiger partial charge in [0.2, 0.25) is 5.43 Å². The van der Waals surface area contributed by atoms with Crippen molar-refractivity contribution in [2.75, 3.05) is 13.2 Å². The molecule has 0 bridgehead atoms. The molecular formula is C25H23F3NO9P. The van der Waals surface area contributed by atoms with E-state index in [0.717, 1.165) is 12.1 Å². The summed E-state index contributed by atoms with van der Waals surface area (Å²) in [6.45, 7) is -1.13. The molecule has 0 aliphatic heterocycles. The Morgan fingerprint density at radius 3 is 2.21 bits per heavy atom. The van der Waals surface area contributed by atoms with E-state index < -0.39 is 38.7 Å². The second-order valence-corrected chi connectivity index (χ2v) is 10.1. The minimum Gasteiger partial charge on any atom is -0.457 e. The highest BCUT2D eigenvalue weighted by molar-refractivity contribution is 7.46. The largest absolute Gasteiger partial charge is 0.573 e. The van der Waals surface area contributed by atoms with Gasteiger partial charge >= 0.3 is 14.2 Å². The van der Waals surface area contributed by atoms with Crippen LogP contribution in [0.2, 0.25) is 0 Å². The van der Waals surface area contributed by atoms with Gasteiger partial charge in [0.05, 0.1) is 29.5 Å². The molecule has 0 radical (unpaired) electrons. The standard InChI is InChI=1S/C25H23F3NO9P/c26-25(27,28)38-17-4-2-16(3-5-17)36-18-6-8-21-20(12-18)23(31)19-7-1-15(11-22(19)37-21)9-10-24(29,13-30)14-35-39(32,33)34/h1-8,11-12,30H,9-10,13-14,29H2,(H2,32,33,34). The summed E-state index contributed by atoms with van der Waals surface area (Å²) in [6.07, 6.45) is -4.40. The van der Waals surface area contributed by atoms with Gasteiger partial charge in [0.25, 0.3) is 0 Å². The van der Waals surface area contributed by atoms with Crippen molar-refractivity contribution in [2.45, 2.75) is 24.7 Å². The van der Waals surface area contributed by atoms with Crippen molar-refractivity contribution in [1.29, 1.82) is 0 Å². The number of hydrogen-bond acceptors (Lipinski definition) is 8. The van der Waals surface area contributed by atoms with Crippen LogP contribution in [-0.2, 0) is 15.5 Å². The molecule has 1 atom stereocenters. The molecule has 4 aromatic rings. The first-order valence-electron chi connectivity index (χ1n) is 11.4. The molecule has 0 aliphatic carbocycles. The number of rotatable bonds is 10. The van der Waals surface area contributed by atoms with Gasteiger partial charge in [-0.2, -0.15) is 0 Å². The Hall–Kier alpha value is -3.45. The van der Waals surface area contributed by atoms with Crippen LogP contribution in [0.15, 0.2) is 69.9 Å². The predicted molar refractivity (Wildman–Crippen MR) is 134 cm³/mol. The van der Waals surface area contributed by atoms with E-state index in [4.69, 9.17) is 24.7 Å². The van der Waals surface area contributed by atoms with Gasteiger partial charge in [-0.15, -0.1) is 13.2 Å². The molecule has 1 aromatic heterocycles. The summed E-state index contributed by atoms with van der Waals surface area (Å²) < 4.78 is 67.8. The monoisotopic (exact) mass is 569 g/mol. The van der Waals surface area contributed by atoms with E-state index in [1.807, 2.05) is 0 Å². The van der Waals surface area contributed by atoms with Crippen molar-refractivity contribution >= 4 is 29.8 Å². The number of benzene rings is 3. The maximum atomic E-state index is 13.1. The number of halogens is 3. The van der Waals surface area contributed by atoms with Gasteiger partial charge in [0.1, 0.15) is 28.4 Å². The molecule has 0 saturated carbocycles. The third-order valence-corrected chi connectivity index (χ3v) is 6.21. The zero-order chi connectivity index (χ0) is 28.4. The number of phosphoric ester groups is 1. The van der Waals surface area contributed by atoms with Crippen molar-refractivity contribution in [1.82, 2.24) is 0 Å². The van der Waals surface area contributed by atoms with E-state index in [1.165, 1.54) is 30.3 Å². The van der Waals surface area contributed by atoms with E-state index >= 15 is 0 Å². The normalized spacial score (nSPS) is 13.9. The number of fused-ring (bicyclic) bond motifs is 2. The Kier molecular flexibility index (Phi) is 8.03. The second kappa shape index (κ2) is 11.0. The maximum absolute atomic E-state index is 13.1. The maximum Gasteiger partial charge on any atom is 0.573 e. The SMILES string of the molecule is NC(CO)(CCc1ccc2c(=O)c3cc(Oc4ccc(OC(F)(F)F)cc4)ccc3oc2c1)COP(=O)(O)O. The Labute approximate surface area is 218 Å². The van der Waals surface area contributed by atoms with E-state index in [-0.39, 0.29) is 45.3 Å². The molecular weight excluding hydrogens is 546 g/mol. The number of aryl methyl sites for hydroxylation is 1. The molecule has 0 saturated heterocycles. The Balaban J connectivity index is 1.53. The van der Waals surface area contributed by atoms with Crippen molar-refractivity contribution < 1.29 is 51.0 Å². The van der Waals surface area contributed by atoms with Gasteiger partial charge in [-0.05, 0) is 73.0 Å². The number of ether oxygens (including phenoxy) is 2. The van der Waals surface area contributed by atoms with Crippen LogP contribution in [0.25, 0.3) is 21.9 Å². The summed E-state index contributed by atoms with van der Waals surface area (Å²) in [5.74, 6) is 0.0858. The summed E-state index contributed by atoms with van der Waals surface area (Å²) in [5, 5.41) is 10.1. The third-order valence-electron chi connectivity index (χ3n) is 5.75. The Bertz CT molecular complexity index is 1580. The highest BCUT2D eigenvalue weighted by atomic mass is 31.2. The van der Waals surface area contributed by atoms with E-state index in [9.17, 15) is 27.6 Å². The average Bonchev–Trinajstić information content (AvgIpc) is 2.86. The van der Waals surface area contributed by atoms with Gasteiger partial charge in [-0.25, -0.2) is 4.57 Å². The number of phosphoric acid groups is 1. The summed E-state index contributed by atoms with van der Waals surface area (Å²) in [6, 6.07) is 14.2. The van der Waals surface area contributed by atoms with E-state index in [1.54, 1.807) is 18.2 Å². The van der Waals surface area contributed by atoms with Crippen molar-refractivity contribution in [3.05, 3.63) is 76.5 Å². The van der Waals surface area contributed by atoms with Crippen LogP contribution in [0.3, 0.4) is 0 Å². The highest BCUT2D eigenvalue weighted by Crippen LogP contribution is 2.37. The molecule has 208 valence electrons. The predicted octanol–water partition coefficient (Wildman–Crippen LogP) is 4.37. The molecule has 0 fully saturated rings. The summed E-state index contributed by atoms with van der Waals surface area (Å²) in [4.78, 5) is 30.9. The molecule has 5 N–H and O–H groups in total. The van der Waals surface area contributed by atoms with E-state index in [2.05, 4.69) is 9.26 Å². The first kappa shape index (κ1) is 28.6. The lowest BCUT2D eigenvalue weighted by atomic mass is 9.93. The van der Waals surface area contributed by atoms with Crippen molar-refractivity contribution in [3.8, 4) is 17.2 Å². The van der Waals surface area contributed by atoms with Crippen molar-refractivity contribution in [3.63, 3.8) is 0 Å². The quantitative estimate of drug-likeness (QED) is 0.159. The lowest BCUT2D eigenvalue weighted by Crippen LogP contribution is -2.48. The van der Waals surface area contributed by atoms with Crippen LogP contribution < -0.4 is 20.6 Å². The summed E-state index contributed by atoms with van der Waals surface area (Å²) in [5.41, 5.74) is 5.53. The summed E-state index contributed by atoms with van der Waals surface area (Å²) >= 11 is 0. The number of aliphatic hydroxyl groups is 1. The van der Waals surface area contributed by atoms with Gasteiger partial charge in [0, 0.05) is 0 Å². The minimum atomic E-state index is -4.81. The number of alkyl halides is 3. The molecule has 4 rings (SSSR count). The lowest BCUT2D eigenvalue weighted by molar-refractivity contribution is -0.274. The lowest BCUT2D eigenvalue weighted by Gasteiger charge is -2.27. The molecule has 10 nitrogen and oxygen atoms in total. The third kappa shape index (κ3) is 7.57. The first-order chi connectivity index (χ1) is 18.2. The fraction of sp³-hybridized carbons (Fsp3) is 0.240. The molecule has 3 aromatic carbocycles. The fourth-order valence-corrected chi connectivity index (χ4v) is 4.17. The molecule has 0 aliphatic rings. The van der Waals surface area contributed by atoms with Crippen LogP contribution in [0, 0.1) is 0 Å². The number of hydrogen-bond donors (Lipinski definition) is 4. The smallest absolute Gasteiger partial charge is 0.457 e. The van der Waals surface area contributed by atoms with Gasteiger partial charge in [-0.1, -0.05) is 6.07 Å². The van der Waals surface area contributed by atoms with Gasteiger partial charge in [-0.3, -0.25) is 9.32 Å². The zero-order valence-corrected chi connectivity index (χ0v) is 20.9. The molecule has 14 heteroatoms. The molecule has 1 unspecified atom stereocenters. The number of nitrogens with two attached hydrogens (primary N) is 1. The van der Waals surface area contributed by atoms with Crippen LogP contribution >= 0.6 is 7.82 Å². The average molecular weight is 569 g/mol. The first-order valence-corrected chi connectivity index (χ1v) is 12.9. The van der Waals surface area contributed by atoms with Crippen LogP contribution in [-0.4, -0.2) is 40.0 Å². The van der Waals surface area contributed by atoms with Crippen LogP contribution in [0.4, 0.5) is 13.2 Å². The second-order valence-electron chi connectivity index (χ2n) is 8.83. The van der Waals surface area contributed by atoms with Gasteiger partial charge in [0.15, 0.2) is 0 Å². The van der Waals surface area contributed by atoms with Crippen molar-refractivity contribution in [2.24, 2.45) is 5.73 Å². The Morgan fingerprint density at radius 1 is 0.897 bits per heavy atom. The fourth-order valence-electron chi connectivity index (χ4n) is 3.75. The molecule has 39 heavy (non-hydrogen) atoms. The molecule has 0 spiro atoms. The number of aliphatic hydroxyl groups excluding tert-OH is 1. The zero-order valence-electron chi connectivity index (χ0n) is 20.1. The Morgan fingerprint density at radius 2 is 1.56 bits per heavy atom. The van der Waals surface area contributed by atoms with E-state index in [0.29, 0.717) is 12.0 Å². The molecule has 1 heterocycles. The topological polar surface area (TPSA) is 162 Å². The molecule has 0 amide bonds. The van der Waals surface area contributed by atoms with Crippen LogP contribution in [0.1, 0.15) is 12.0 Å². The minimum absolute atomic E-state index is 0.122. The van der Waals surface area contributed by atoms with Crippen LogP contribution in [0.5, 0.6) is 17.2 Å².